The molecule has 0 aliphatic carbocycles. The maximum absolute atomic E-state index is 5.98. The Kier molecular flexibility index (Phi) is 4.40. The highest BCUT2D eigenvalue weighted by molar-refractivity contribution is 7.99. The first-order chi connectivity index (χ1) is 8.59. The van der Waals surface area contributed by atoms with Crippen LogP contribution in [-0.2, 0) is 6.42 Å². The summed E-state index contributed by atoms with van der Waals surface area (Å²) >= 11 is 2.08. The van der Waals surface area contributed by atoms with Crippen LogP contribution in [-0.4, -0.2) is 42.7 Å². The van der Waals surface area contributed by atoms with Gasteiger partial charge in [-0.2, -0.15) is 11.8 Å². The zero-order valence-corrected chi connectivity index (χ0v) is 12.0. The lowest BCUT2D eigenvalue weighted by Crippen LogP contribution is -2.50. The monoisotopic (exact) mass is 266 g/mol. The normalized spacial score (nSPS) is 18.7. The molecule has 0 bridgehead atoms. The molecule has 3 nitrogen and oxygen atoms in total. The molecule has 0 aromatic heterocycles. The van der Waals surface area contributed by atoms with Gasteiger partial charge in [-0.1, -0.05) is 0 Å². The van der Waals surface area contributed by atoms with E-state index in [1.807, 2.05) is 18.2 Å². The number of thioether (sulfide) groups is 1. The Bertz CT molecular complexity index is 400. The van der Waals surface area contributed by atoms with E-state index < -0.39 is 0 Å². The van der Waals surface area contributed by atoms with E-state index in [1.165, 1.54) is 47.6 Å². The summed E-state index contributed by atoms with van der Waals surface area (Å²) in [5, 5.41) is 0. The number of rotatable bonds is 4. The minimum Gasteiger partial charge on any atom is -0.399 e. The lowest BCUT2D eigenvalue weighted by atomic mass is 10.1. The van der Waals surface area contributed by atoms with E-state index >= 15 is 0 Å². The minimum atomic E-state index is 0.814. The molecular formula is C14H24N3S+. The van der Waals surface area contributed by atoms with Crippen molar-refractivity contribution in [1.29, 1.82) is 0 Å². The number of nitrogens with two attached hydrogens (primary N) is 2. The molecule has 0 atom stereocenters. The van der Waals surface area contributed by atoms with Crippen molar-refractivity contribution in [2.24, 2.45) is 0 Å². The Balaban J connectivity index is 1.86. The third-order valence-corrected chi connectivity index (χ3v) is 4.80. The molecule has 0 spiro atoms. The zero-order chi connectivity index (χ0) is 13.0. The molecule has 1 fully saturated rings. The zero-order valence-electron chi connectivity index (χ0n) is 11.2. The molecule has 1 aliphatic rings. The van der Waals surface area contributed by atoms with Gasteiger partial charge in [-0.05, 0) is 30.2 Å². The molecule has 1 aromatic carbocycles. The van der Waals surface area contributed by atoms with E-state index in [4.69, 9.17) is 11.5 Å². The van der Waals surface area contributed by atoms with E-state index in [9.17, 15) is 0 Å². The van der Waals surface area contributed by atoms with Crippen LogP contribution >= 0.6 is 11.8 Å². The summed E-state index contributed by atoms with van der Waals surface area (Å²) < 4.78 is 1.22. The maximum atomic E-state index is 5.98. The van der Waals surface area contributed by atoms with Gasteiger partial charge in [-0.3, -0.25) is 0 Å². The molecule has 0 amide bonds. The first kappa shape index (κ1) is 13.6. The Morgan fingerprint density at radius 1 is 1.22 bits per heavy atom. The number of anilines is 2. The smallest absolute Gasteiger partial charge is 0.0876 e. The van der Waals surface area contributed by atoms with Gasteiger partial charge in [0.15, 0.2) is 0 Å². The predicted octanol–water partition coefficient (Wildman–Crippen LogP) is 1.98. The molecule has 18 heavy (non-hydrogen) atoms. The lowest BCUT2D eigenvalue weighted by molar-refractivity contribution is -0.906. The minimum absolute atomic E-state index is 0.814. The van der Waals surface area contributed by atoms with Crippen LogP contribution in [0.5, 0.6) is 0 Å². The average Bonchev–Trinajstić information content (AvgIpc) is 2.34. The molecule has 1 aliphatic heterocycles. The highest BCUT2D eigenvalue weighted by Gasteiger charge is 2.24. The molecule has 1 saturated heterocycles. The number of quaternary nitrogens is 1. The van der Waals surface area contributed by atoms with Crippen molar-refractivity contribution in [2.45, 2.75) is 12.8 Å². The molecular weight excluding hydrogens is 242 g/mol. The van der Waals surface area contributed by atoms with Crippen LogP contribution in [0.2, 0.25) is 0 Å². The van der Waals surface area contributed by atoms with E-state index in [2.05, 4.69) is 18.8 Å². The molecule has 1 aromatic rings. The molecule has 2 rings (SSSR count). The van der Waals surface area contributed by atoms with Gasteiger partial charge in [-0.15, -0.1) is 0 Å². The summed E-state index contributed by atoms with van der Waals surface area (Å²) in [6.07, 6.45) is 2.23. The first-order valence-electron chi connectivity index (χ1n) is 6.64. The van der Waals surface area contributed by atoms with Crippen LogP contribution in [0, 0.1) is 0 Å². The highest BCUT2D eigenvalue weighted by Crippen LogP contribution is 2.20. The van der Waals surface area contributed by atoms with E-state index in [0.29, 0.717) is 0 Å². The van der Waals surface area contributed by atoms with Crippen molar-refractivity contribution >= 4 is 23.1 Å². The first-order valence-corrected chi connectivity index (χ1v) is 7.80. The van der Waals surface area contributed by atoms with E-state index in [0.717, 1.165) is 17.8 Å². The number of nitrogen functional groups attached to an aromatic ring is 2. The third kappa shape index (κ3) is 3.56. The van der Waals surface area contributed by atoms with Crippen molar-refractivity contribution in [3.63, 3.8) is 0 Å². The fourth-order valence-corrected chi connectivity index (χ4v) is 3.84. The molecule has 0 saturated carbocycles. The number of hydrogen-bond acceptors (Lipinski definition) is 3. The second-order valence-corrected chi connectivity index (χ2v) is 6.69. The quantitative estimate of drug-likeness (QED) is 0.647. The SMILES string of the molecule is C[N+]1(CCCc2cc(N)ccc2N)CCSCC1. The lowest BCUT2D eigenvalue weighted by Gasteiger charge is -2.37. The fourth-order valence-electron chi connectivity index (χ4n) is 2.50. The van der Waals surface area contributed by atoms with Gasteiger partial charge in [0.25, 0.3) is 0 Å². The van der Waals surface area contributed by atoms with Crippen molar-refractivity contribution in [1.82, 2.24) is 0 Å². The largest absolute Gasteiger partial charge is 0.399 e. The number of nitrogens with zero attached hydrogens (tertiary/aromatic N) is 1. The topological polar surface area (TPSA) is 52.0 Å². The fraction of sp³-hybridized carbons (Fsp3) is 0.571. The Hall–Kier alpha value is -0.870. The number of benzene rings is 1. The Labute approximate surface area is 114 Å². The summed E-state index contributed by atoms with van der Waals surface area (Å²) in [6.45, 7) is 3.85. The van der Waals surface area contributed by atoms with Crippen LogP contribution in [0.1, 0.15) is 12.0 Å². The average molecular weight is 266 g/mol. The van der Waals surface area contributed by atoms with Crippen LogP contribution in [0.3, 0.4) is 0 Å². The van der Waals surface area contributed by atoms with Gasteiger partial charge in [0.1, 0.15) is 0 Å². The highest BCUT2D eigenvalue weighted by atomic mass is 32.2. The van der Waals surface area contributed by atoms with Gasteiger partial charge >= 0.3 is 0 Å². The Morgan fingerprint density at radius 2 is 1.94 bits per heavy atom. The van der Waals surface area contributed by atoms with Crippen molar-refractivity contribution in [3.8, 4) is 0 Å². The summed E-state index contributed by atoms with van der Waals surface area (Å²) in [5.41, 5.74) is 14.7. The maximum Gasteiger partial charge on any atom is 0.0876 e. The van der Waals surface area contributed by atoms with Crippen molar-refractivity contribution in [3.05, 3.63) is 23.8 Å². The summed E-state index contributed by atoms with van der Waals surface area (Å²) in [7, 11) is 2.38. The van der Waals surface area contributed by atoms with Gasteiger partial charge in [-0.25, -0.2) is 0 Å². The van der Waals surface area contributed by atoms with Gasteiger partial charge < -0.3 is 16.0 Å². The van der Waals surface area contributed by atoms with Crippen LogP contribution in [0.4, 0.5) is 11.4 Å². The standard InChI is InChI=1S/C14H24N3S/c1-17(7-9-18-10-8-17)6-2-3-12-11-13(15)4-5-14(12)16/h4-5,11H,2-3,6-10,15-16H2,1H3/q+1. The molecule has 0 radical (unpaired) electrons. The van der Waals surface area contributed by atoms with Gasteiger partial charge in [0.2, 0.25) is 0 Å². The molecule has 100 valence electrons. The molecule has 0 unspecified atom stereocenters. The second-order valence-electron chi connectivity index (χ2n) is 5.46. The van der Waals surface area contributed by atoms with E-state index in [-0.39, 0.29) is 0 Å². The van der Waals surface area contributed by atoms with Crippen molar-refractivity contribution in [2.75, 3.05) is 49.7 Å². The Morgan fingerprint density at radius 3 is 2.67 bits per heavy atom. The van der Waals surface area contributed by atoms with Crippen LogP contribution in [0.25, 0.3) is 0 Å². The van der Waals surface area contributed by atoms with Crippen LogP contribution in [0.15, 0.2) is 18.2 Å². The third-order valence-electron chi connectivity index (χ3n) is 3.86. The molecule has 4 heteroatoms. The number of hydrogen-bond donors (Lipinski definition) is 2. The summed E-state index contributed by atoms with van der Waals surface area (Å²) in [6, 6.07) is 5.80. The van der Waals surface area contributed by atoms with Gasteiger partial charge in [0, 0.05) is 29.3 Å². The molecule has 4 N–H and O–H groups in total. The van der Waals surface area contributed by atoms with Gasteiger partial charge in [0.05, 0.1) is 26.7 Å². The summed E-state index contributed by atoms with van der Waals surface area (Å²) in [5.74, 6) is 2.61. The second kappa shape index (κ2) is 5.85. The molecule has 1 heterocycles. The predicted molar refractivity (Wildman–Crippen MR) is 81.7 cm³/mol. The number of aryl methyl sites for hydroxylation is 1. The summed E-state index contributed by atoms with van der Waals surface area (Å²) in [4.78, 5) is 0. The van der Waals surface area contributed by atoms with Crippen molar-refractivity contribution < 1.29 is 4.48 Å². The van der Waals surface area contributed by atoms with Crippen LogP contribution < -0.4 is 11.5 Å². The van der Waals surface area contributed by atoms with E-state index in [1.54, 1.807) is 0 Å².